The number of hydrogen-bond donors (Lipinski definition) is 2. The Morgan fingerprint density at radius 2 is 2.19 bits per heavy atom. The molecular weight excluding hydrogens is 208 g/mol. The molecule has 0 unspecified atom stereocenters. The maximum atomic E-state index is 10.8. The summed E-state index contributed by atoms with van der Waals surface area (Å²) < 4.78 is 0. The van der Waals surface area contributed by atoms with Gasteiger partial charge in [-0.3, -0.25) is 4.98 Å². The van der Waals surface area contributed by atoms with Gasteiger partial charge in [0, 0.05) is 11.9 Å². The zero-order valence-electron chi connectivity index (χ0n) is 8.64. The summed E-state index contributed by atoms with van der Waals surface area (Å²) in [5.41, 5.74) is 1.28. The topological polar surface area (TPSA) is 83.3 Å². The van der Waals surface area contributed by atoms with Gasteiger partial charge in [0.1, 0.15) is 11.1 Å². The van der Waals surface area contributed by atoms with Crippen LogP contribution in [0.15, 0.2) is 18.3 Å². The first-order chi connectivity index (χ1) is 7.63. The van der Waals surface area contributed by atoms with Crippen LogP contribution in [0, 0.1) is 0 Å². The summed E-state index contributed by atoms with van der Waals surface area (Å²) in [6.45, 7) is 1.93. The number of carboxylic acid groups (broad SMARTS) is 1. The van der Waals surface area contributed by atoms with E-state index in [0.717, 1.165) is 11.9 Å². The van der Waals surface area contributed by atoms with Crippen molar-refractivity contribution < 1.29 is 15.0 Å². The van der Waals surface area contributed by atoms with E-state index in [1.807, 2.05) is 6.92 Å². The van der Waals surface area contributed by atoms with Crippen molar-refractivity contribution in [2.75, 3.05) is 0 Å². The fourth-order valence-electron chi connectivity index (χ4n) is 1.45. The first-order valence-electron chi connectivity index (χ1n) is 4.84. The average Bonchev–Trinajstić information content (AvgIpc) is 2.28. The van der Waals surface area contributed by atoms with Crippen molar-refractivity contribution in [2.45, 2.75) is 13.3 Å². The molecule has 5 nitrogen and oxygen atoms in total. The molecule has 2 aromatic heterocycles. The van der Waals surface area contributed by atoms with Crippen LogP contribution in [0.3, 0.4) is 0 Å². The number of aryl methyl sites for hydroxylation is 1. The molecule has 0 aliphatic carbocycles. The van der Waals surface area contributed by atoms with Gasteiger partial charge in [-0.2, -0.15) is 0 Å². The predicted octanol–water partition coefficient (Wildman–Crippen LogP) is 1.60. The molecule has 2 heterocycles. The Morgan fingerprint density at radius 3 is 2.81 bits per heavy atom. The number of carbonyl (C=O) groups is 1. The molecule has 2 aromatic rings. The van der Waals surface area contributed by atoms with E-state index in [9.17, 15) is 9.90 Å². The fraction of sp³-hybridized carbons (Fsp3) is 0.182. The number of hydrogen-bond acceptors (Lipinski definition) is 4. The average molecular weight is 218 g/mol. The van der Waals surface area contributed by atoms with Gasteiger partial charge >= 0.3 is 5.97 Å². The van der Waals surface area contributed by atoms with E-state index in [1.165, 1.54) is 0 Å². The lowest BCUT2D eigenvalue weighted by Gasteiger charge is -2.04. The number of carboxylic acids is 1. The minimum Gasteiger partial charge on any atom is -0.505 e. The van der Waals surface area contributed by atoms with Crippen molar-refractivity contribution in [3.8, 4) is 5.75 Å². The van der Waals surface area contributed by atoms with E-state index in [-0.39, 0.29) is 16.8 Å². The molecular formula is C11H10N2O3. The number of fused-ring (bicyclic) bond motifs is 1. The number of aromatic nitrogens is 2. The fourth-order valence-corrected chi connectivity index (χ4v) is 1.45. The lowest BCUT2D eigenvalue weighted by Crippen LogP contribution is -2.00. The minimum absolute atomic E-state index is 0.228. The third-order valence-corrected chi connectivity index (χ3v) is 2.34. The molecule has 0 bridgehead atoms. The van der Waals surface area contributed by atoms with E-state index < -0.39 is 5.97 Å². The maximum absolute atomic E-state index is 10.8. The van der Waals surface area contributed by atoms with Gasteiger partial charge in [-0.25, -0.2) is 9.78 Å². The highest BCUT2D eigenvalue weighted by molar-refractivity contribution is 5.96. The summed E-state index contributed by atoms with van der Waals surface area (Å²) in [6, 6.07) is 3.52. The van der Waals surface area contributed by atoms with Crippen LogP contribution in [-0.4, -0.2) is 26.2 Å². The highest BCUT2D eigenvalue weighted by atomic mass is 16.4. The highest BCUT2D eigenvalue weighted by Gasteiger charge is 2.14. The molecule has 2 rings (SSSR count). The zero-order chi connectivity index (χ0) is 11.7. The van der Waals surface area contributed by atoms with Gasteiger partial charge in [-0.15, -0.1) is 0 Å². The summed E-state index contributed by atoms with van der Waals surface area (Å²) in [5.74, 6) is -1.54. The van der Waals surface area contributed by atoms with Crippen LogP contribution in [0.5, 0.6) is 5.75 Å². The number of aromatic hydroxyl groups is 1. The number of pyridine rings is 2. The molecule has 0 aliphatic heterocycles. The Labute approximate surface area is 91.4 Å². The molecule has 5 heteroatoms. The Morgan fingerprint density at radius 1 is 1.44 bits per heavy atom. The third-order valence-electron chi connectivity index (χ3n) is 2.34. The number of aromatic carboxylic acids is 1. The molecule has 2 N–H and O–H groups in total. The second-order valence-corrected chi connectivity index (χ2v) is 3.35. The van der Waals surface area contributed by atoms with Crippen molar-refractivity contribution >= 4 is 17.0 Å². The summed E-state index contributed by atoms with van der Waals surface area (Å²) in [7, 11) is 0. The van der Waals surface area contributed by atoms with E-state index in [4.69, 9.17) is 5.11 Å². The molecule has 0 saturated heterocycles. The predicted molar refractivity (Wildman–Crippen MR) is 57.5 cm³/mol. The Bertz CT molecular complexity index is 566. The summed E-state index contributed by atoms with van der Waals surface area (Å²) in [5, 5.41) is 18.6. The third kappa shape index (κ3) is 1.56. The largest absolute Gasteiger partial charge is 0.505 e. The van der Waals surface area contributed by atoms with Gasteiger partial charge in [0.25, 0.3) is 0 Å². The molecule has 82 valence electrons. The van der Waals surface area contributed by atoms with Crippen molar-refractivity contribution in [1.82, 2.24) is 9.97 Å². The van der Waals surface area contributed by atoms with Gasteiger partial charge in [-0.05, 0) is 18.6 Å². The first kappa shape index (κ1) is 10.4. The quantitative estimate of drug-likeness (QED) is 0.799. The van der Waals surface area contributed by atoms with Gasteiger partial charge in [-0.1, -0.05) is 6.92 Å². The molecule has 0 atom stereocenters. The smallest absolute Gasteiger partial charge is 0.341 e. The Kier molecular flexibility index (Phi) is 2.44. The number of nitrogens with zero attached hydrogens (tertiary/aromatic N) is 2. The van der Waals surface area contributed by atoms with E-state index in [1.54, 1.807) is 12.1 Å². The van der Waals surface area contributed by atoms with Crippen LogP contribution in [0.2, 0.25) is 0 Å². The van der Waals surface area contributed by atoms with E-state index in [0.29, 0.717) is 11.9 Å². The summed E-state index contributed by atoms with van der Waals surface area (Å²) in [4.78, 5) is 18.9. The maximum Gasteiger partial charge on any atom is 0.341 e. The van der Waals surface area contributed by atoms with Gasteiger partial charge < -0.3 is 10.2 Å². The van der Waals surface area contributed by atoms with Crippen LogP contribution in [0.4, 0.5) is 0 Å². The molecule has 0 spiro atoms. The monoisotopic (exact) mass is 218 g/mol. The molecule has 0 saturated carbocycles. The molecule has 16 heavy (non-hydrogen) atoms. The van der Waals surface area contributed by atoms with Crippen LogP contribution in [-0.2, 0) is 6.42 Å². The molecule has 0 radical (unpaired) electrons. The van der Waals surface area contributed by atoms with Crippen LogP contribution in [0.1, 0.15) is 23.0 Å². The number of rotatable bonds is 2. The molecule has 0 fully saturated rings. The van der Waals surface area contributed by atoms with Gasteiger partial charge in [0.05, 0.1) is 5.52 Å². The Hall–Kier alpha value is -2.17. The highest BCUT2D eigenvalue weighted by Crippen LogP contribution is 2.25. The molecule has 0 amide bonds. The van der Waals surface area contributed by atoms with Crippen molar-refractivity contribution in [2.24, 2.45) is 0 Å². The molecule has 0 aliphatic rings. The second-order valence-electron chi connectivity index (χ2n) is 3.35. The van der Waals surface area contributed by atoms with Crippen LogP contribution >= 0.6 is 0 Å². The van der Waals surface area contributed by atoms with E-state index >= 15 is 0 Å². The Balaban J connectivity index is 2.75. The van der Waals surface area contributed by atoms with Crippen molar-refractivity contribution in [1.29, 1.82) is 0 Å². The normalized spacial score (nSPS) is 10.6. The second kappa shape index (κ2) is 3.77. The zero-order valence-corrected chi connectivity index (χ0v) is 8.64. The van der Waals surface area contributed by atoms with Crippen LogP contribution in [0.25, 0.3) is 11.0 Å². The van der Waals surface area contributed by atoms with Crippen molar-refractivity contribution in [3.05, 3.63) is 29.6 Å². The van der Waals surface area contributed by atoms with Gasteiger partial charge in [0.15, 0.2) is 5.75 Å². The van der Waals surface area contributed by atoms with E-state index in [2.05, 4.69) is 9.97 Å². The standard InChI is InChI=1S/C11H10N2O3/c1-2-6-3-4-8-9(13-6)10(14)7(5-12-8)11(15)16/h3-5H,2H2,1H3,(H,12,14)(H,15,16). The lowest BCUT2D eigenvalue weighted by atomic mass is 10.2. The SMILES string of the molecule is CCc1ccc2ncc(C(=O)O)c(O)c2n1. The van der Waals surface area contributed by atoms with Gasteiger partial charge in [0.2, 0.25) is 0 Å². The summed E-state index contributed by atoms with van der Waals surface area (Å²) in [6.07, 6.45) is 1.85. The lowest BCUT2D eigenvalue weighted by molar-refractivity contribution is 0.0693. The van der Waals surface area contributed by atoms with Crippen molar-refractivity contribution in [3.63, 3.8) is 0 Å². The van der Waals surface area contributed by atoms with Crippen LogP contribution < -0.4 is 0 Å². The summed E-state index contributed by atoms with van der Waals surface area (Å²) >= 11 is 0. The minimum atomic E-state index is -1.21. The molecule has 0 aromatic carbocycles. The first-order valence-corrected chi connectivity index (χ1v) is 4.84.